The number of nitrogens with zero attached hydrogens (tertiary/aromatic N) is 8. The molecule has 0 bridgehead atoms. The van der Waals surface area contributed by atoms with Crippen molar-refractivity contribution in [2.24, 2.45) is 0 Å². The molecule has 3 fully saturated rings. The highest BCUT2D eigenvalue weighted by molar-refractivity contribution is 7.16. The summed E-state index contributed by atoms with van der Waals surface area (Å²) in [6.45, 7) is 13.6. The summed E-state index contributed by atoms with van der Waals surface area (Å²) >= 11 is 1.46. The molecule has 0 amide bonds. The Morgan fingerprint density at radius 1 is 1.09 bits per heavy atom. The average molecular weight is 637 g/mol. The Labute approximate surface area is 266 Å². The number of nitriles is 1. The molecule has 0 saturated carbocycles. The van der Waals surface area contributed by atoms with Gasteiger partial charge >= 0.3 is 6.01 Å². The lowest BCUT2D eigenvalue weighted by Gasteiger charge is -2.48. The molecule has 0 spiro atoms. The van der Waals surface area contributed by atoms with Crippen molar-refractivity contribution >= 4 is 22.3 Å². The minimum atomic E-state index is -0.858. The second-order valence-electron chi connectivity index (χ2n) is 14.7. The molecular formula is C31H41FN10O2S. The molecule has 7 rings (SSSR count). The van der Waals surface area contributed by atoms with E-state index >= 15 is 0 Å². The van der Waals surface area contributed by atoms with E-state index in [2.05, 4.69) is 59.0 Å². The molecule has 0 aromatic carbocycles. The molecule has 0 unspecified atom stereocenters. The number of alkyl halides is 1. The summed E-state index contributed by atoms with van der Waals surface area (Å²) in [6, 6.07) is 2.45. The fraction of sp³-hybridized carbons (Fsp3) is 0.677. The summed E-state index contributed by atoms with van der Waals surface area (Å²) < 4.78 is 26.7. The van der Waals surface area contributed by atoms with E-state index < -0.39 is 11.6 Å². The molecule has 45 heavy (non-hydrogen) atoms. The maximum Gasteiger partial charge on any atom is 0.321 e. The maximum absolute atomic E-state index is 14.5. The van der Waals surface area contributed by atoms with Gasteiger partial charge in [0.25, 0.3) is 0 Å². The van der Waals surface area contributed by atoms with Crippen LogP contribution < -0.4 is 20.7 Å². The molecule has 1 aliphatic carbocycles. The quantitative estimate of drug-likeness (QED) is 0.402. The first-order valence-corrected chi connectivity index (χ1v) is 16.6. The molecule has 3 atom stereocenters. The second-order valence-corrected chi connectivity index (χ2v) is 15.9. The molecule has 240 valence electrons. The highest BCUT2D eigenvalue weighted by Crippen LogP contribution is 2.48. The van der Waals surface area contributed by atoms with E-state index in [1.54, 1.807) is 0 Å². The van der Waals surface area contributed by atoms with Gasteiger partial charge in [0.15, 0.2) is 0 Å². The van der Waals surface area contributed by atoms with Gasteiger partial charge in [-0.3, -0.25) is 4.90 Å². The van der Waals surface area contributed by atoms with Crippen molar-refractivity contribution in [1.29, 1.82) is 5.26 Å². The molecule has 6 heterocycles. The zero-order valence-electron chi connectivity index (χ0n) is 26.6. The summed E-state index contributed by atoms with van der Waals surface area (Å²) in [7, 11) is 0. The number of hydrogen-bond acceptors (Lipinski definition) is 13. The smallest absolute Gasteiger partial charge is 0.321 e. The normalized spacial score (nSPS) is 28.9. The van der Waals surface area contributed by atoms with Crippen LogP contribution in [0.2, 0.25) is 0 Å². The van der Waals surface area contributed by atoms with Crippen LogP contribution in [0.15, 0.2) is 4.52 Å². The molecule has 3 aliphatic heterocycles. The number of nitrogens with two attached hydrogens (primary N) is 1. The van der Waals surface area contributed by atoms with Crippen molar-refractivity contribution in [1.82, 2.24) is 35.3 Å². The average Bonchev–Trinajstić information content (AvgIpc) is 3.72. The minimum Gasteiger partial charge on any atom is -0.461 e. The lowest BCUT2D eigenvalue weighted by atomic mass is 9.72. The predicted octanol–water partition coefficient (Wildman–Crippen LogP) is 4.00. The van der Waals surface area contributed by atoms with Crippen LogP contribution in [0.3, 0.4) is 0 Å². The van der Waals surface area contributed by atoms with E-state index in [-0.39, 0.29) is 34.3 Å². The SMILES string of the molecule is CC1(C)CN(c2nc(OC[C@@]34CCCN3C[C@H](F)C4)nc(-c3noc([C@@]4(C)CCCc5sc(N)c(C#N)c54)n3)n2)CC(C)(C)N1. The molecule has 0 radical (unpaired) electrons. The third-order valence-corrected chi connectivity index (χ3v) is 10.9. The monoisotopic (exact) mass is 636 g/mol. The van der Waals surface area contributed by atoms with Crippen LogP contribution in [-0.4, -0.2) is 85.6 Å². The van der Waals surface area contributed by atoms with Crippen LogP contribution in [0.4, 0.5) is 15.3 Å². The number of ether oxygens (including phenoxy) is 1. The molecule has 3 saturated heterocycles. The van der Waals surface area contributed by atoms with Crippen molar-refractivity contribution in [2.75, 3.05) is 43.4 Å². The number of nitrogen functional groups attached to an aromatic ring is 1. The van der Waals surface area contributed by atoms with Crippen molar-refractivity contribution < 1.29 is 13.7 Å². The highest BCUT2D eigenvalue weighted by Gasteiger charge is 2.50. The number of halogens is 1. The third kappa shape index (κ3) is 5.32. The first-order chi connectivity index (χ1) is 21.3. The number of piperazine rings is 1. The van der Waals surface area contributed by atoms with Gasteiger partial charge in [0, 0.05) is 47.6 Å². The fourth-order valence-electron chi connectivity index (χ4n) is 8.29. The number of anilines is 2. The Hall–Kier alpha value is -3.41. The standard InChI is InChI=1S/C31H41FN10O2S/c1-28(2)15-41(16-29(3,4)40-28)26-36-23(37-27(38-26)43-17-31-10-7-11-42(31)14-18(32)12-31)24-35-25(44-39-24)30(5)9-6-8-20-21(30)19(13-33)22(34)45-20/h18,40H,6-12,14-17,34H2,1-5H3/t18-,30+,31+/m1/s1. The van der Waals surface area contributed by atoms with E-state index in [9.17, 15) is 9.65 Å². The molecule has 4 aliphatic rings. The number of aromatic nitrogens is 5. The largest absolute Gasteiger partial charge is 0.461 e. The summed E-state index contributed by atoms with van der Waals surface area (Å²) in [5.41, 5.74) is 6.18. The van der Waals surface area contributed by atoms with Crippen molar-refractivity contribution in [3.05, 3.63) is 21.9 Å². The van der Waals surface area contributed by atoms with Crippen LogP contribution in [-0.2, 0) is 11.8 Å². The summed E-state index contributed by atoms with van der Waals surface area (Å²) in [6.07, 6.45) is 4.00. The first-order valence-electron chi connectivity index (χ1n) is 15.8. The number of aryl methyl sites for hydroxylation is 1. The van der Waals surface area contributed by atoms with E-state index in [4.69, 9.17) is 29.9 Å². The van der Waals surface area contributed by atoms with Crippen molar-refractivity contribution in [3.63, 3.8) is 0 Å². The van der Waals surface area contributed by atoms with Gasteiger partial charge in [-0.2, -0.15) is 25.2 Å². The number of hydrogen-bond donors (Lipinski definition) is 2. The molecule has 3 aromatic heterocycles. The zero-order chi connectivity index (χ0) is 31.8. The lowest BCUT2D eigenvalue weighted by molar-refractivity contribution is 0.107. The molecule has 3 N–H and O–H groups in total. The molecule has 14 heteroatoms. The summed E-state index contributed by atoms with van der Waals surface area (Å²) in [5, 5.41) is 18.5. The van der Waals surface area contributed by atoms with E-state index in [1.807, 2.05) is 6.92 Å². The zero-order valence-corrected chi connectivity index (χ0v) is 27.4. The maximum atomic E-state index is 14.5. The van der Waals surface area contributed by atoms with E-state index in [0.717, 1.165) is 49.1 Å². The number of thiophene rings is 1. The van der Waals surface area contributed by atoms with Crippen LogP contribution in [0, 0.1) is 11.3 Å². The third-order valence-electron chi connectivity index (χ3n) is 9.82. The number of fused-ring (bicyclic) bond motifs is 2. The van der Waals surface area contributed by atoms with Crippen LogP contribution in [0.5, 0.6) is 6.01 Å². The lowest BCUT2D eigenvalue weighted by Crippen LogP contribution is -2.67. The Morgan fingerprint density at radius 3 is 2.62 bits per heavy atom. The van der Waals surface area contributed by atoms with Gasteiger partial charge < -0.3 is 25.2 Å². The van der Waals surface area contributed by atoms with Crippen LogP contribution in [0.1, 0.15) is 88.6 Å². The topological polar surface area (TPSA) is 155 Å². The van der Waals surface area contributed by atoms with E-state index in [0.29, 0.717) is 55.1 Å². The van der Waals surface area contributed by atoms with Gasteiger partial charge in [0.1, 0.15) is 23.8 Å². The van der Waals surface area contributed by atoms with Gasteiger partial charge in [0.05, 0.1) is 16.5 Å². The van der Waals surface area contributed by atoms with Gasteiger partial charge in [-0.05, 0) is 73.3 Å². The fourth-order valence-corrected chi connectivity index (χ4v) is 9.49. The Morgan fingerprint density at radius 2 is 1.87 bits per heavy atom. The van der Waals surface area contributed by atoms with Crippen molar-refractivity contribution in [2.45, 2.75) is 101 Å². The van der Waals surface area contributed by atoms with E-state index in [1.165, 1.54) is 11.3 Å². The predicted molar refractivity (Wildman–Crippen MR) is 168 cm³/mol. The van der Waals surface area contributed by atoms with Gasteiger partial charge in [-0.1, -0.05) is 5.16 Å². The summed E-state index contributed by atoms with van der Waals surface area (Å²) in [5.74, 6) is 1.30. The molecular weight excluding hydrogens is 595 g/mol. The summed E-state index contributed by atoms with van der Waals surface area (Å²) in [4.78, 5) is 24.5. The van der Waals surface area contributed by atoms with Gasteiger partial charge in [0.2, 0.25) is 23.5 Å². The highest BCUT2D eigenvalue weighted by atomic mass is 32.1. The second kappa shape index (κ2) is 10.6. The Kier molecular flexibility index (Phi) is 7.10. The molecule has 12 nitrogen and oxygen atoms in total. The van der Waals surface area contributed by atoms with Crippen molar-refractivity contribution in [3.8, 4) is 23.7 Å². The first kappa shape index (κ1) is 30.3. The Balaban J connectivity index is 1.26. The van der Waals surface area contributed by atoms with Gasteiger partial charge in [-0.15, -0.1) is 11.3 Å². The number of nitrogens with one attached hydrogen (secondary N) is 1. The number of rotatable bonds is 6. The molecule has 3 aromatic rings. The van der Waals surface area contributed by atoms with Gasteiger partial charge in [-0.25, -0.2) is 4.39 Å². The minimum absolute atomic E-state index is 0.155. The van der Waals surface area contributed by atoms with Crippen LogP contribution >= 0.6 is 11.3 Å². The Bertz CT molecular complexity index is 1650. The van der Waals surface area contributed by atoms with Crippen LogP contribution in [0.25, 0.3) is 11.6 Å².